The fourth-order valence-corrected chi connectivity index (χ4v) is 6.14. The number of benzene rings is 1. The fourth-order valence-electron chi connectivity index (χ4n) is 5.97. The van der Waals surface area contributed by atoms with Gasteiger partial charge >= 0.3 is 0 Å². The van der Waals surface area contributed by atoms with E-state index in [2.05, 4.69) is 40.3 Å². The van der Waals surface area contributed by atoms with Crippen molar-refractivity contribution in [2.24, 2.45) is 11.8 Å². The van der Waals surface area contributed by atoms with E-state index in [4.69, 9.17) is 31.7 Å². The van der Waals surface area contributed by atoms with Gasteiger partial charge in [-0.2, -0.15) is 9.97 Å². The molecule has 2 N–H and O–H groups in total. The lowest BCUT2D eigenvalue weighted by atomic mass is 9.74. The number of nitrogens with one attached hydrogen (secondary N) is 2. The van der Waals surface area contributed by atoms with Crippen molar-refractivity contribution in [1.29, 1.82) is 0 Å². The Bertz CT molecular complexity index is 1080. The molecular weight excluding hydrogens is 503 g/mol. The first kappa shape index (κ1) is 27.0. The summed E-state index contributed by atoms with van der Waals surface area (Å²) in [5.41, 5.74) is 0.915. The number of ether oxygens (including phenoxy) is 2. The Morgan fingerprint density at radius 2 is 1.58 bits per heavy atom. The fraction of sp³-hybridized carbons (Fsp3) is 0.607. The van der Waals surface area contributed by atoms with Gasteiger partial charge in [0.05, 0.1) is 13.2 Å². The number of morpholine rings is 1. The normalized spacial score (nSPS) is 23.7. The Kier molecular flexibility index (Phi) is 8.60. The van der Waals surface area contributed by atoms with E-state index in [9.17, 15) is 4.39 Å². The van der Waals surface area contributed by atoms with Crippen LogP contribution >= 0.6 is 12.2 Å². The standard InChI is InChI=1S/C28H39FN6O2S/c1-20-15-21(2)18-35(17-20)25-16-24(34-9-13-37-14-10-34)31-26(32-25)33-27(38)30-19-28(7-11-36-12-8-28)22-3-5-23(29)6-4-22/h3-6,16,20-21H,7-15,17-19H2,1-2H3,(H2,30,31,32,33,38)/t20-,21-/m0/s1. The molecule has 3 fully saturated rings. The van der Waals surface area contributed by atoms with Gasteiger partial charge in [0.15, 0.2) is 5.11 Å². The third-order valence-corrected chi connectivity index (χ3v) is 8.19. The Hall–Kier alpha value is -2.56. The summed E-state index contributed by atoms with van der Waals surface area (Å²) in [5, 5.41) is 7.15. The maximum Gasteiger partial charge on any atom is 0.232 e. The molecule has 0 bridgehead atoms. The van der Waals surface area contributed by atoms with Crippen molar-refractivity contribution in [2.45, 2.75) is 38.5 Å². The van der Waals surface area contributed by atoms with Crippen LogP contribution in [0.25, 0.3) is 0 Å². The Morgan fingerprint density at radius 3 is 2.24 bits per heavy atom. The van der Waals surface area contributed by atoms with E-state index in [1.165, 1.54) is 18.6 Å². The van der Waals surface area contributed by atoms with Crippen molar-refractivity contribution >= 4 is 34.9 Å². The highest BCUT2D eigenvalue weighted by Gasteiger charge is 2.35. The van der Waals surface area contributed by atoms with E-state index in [0.717, 1.165) is 56.2 Å². The van der Waals surface area contributed by atoms with Crippen molar-refractivity contribution in [3.63, 3.8) is 0 Å². The lowest BCUT2D eigenvalue weighted by Crippen LogP contribution is -2.46. The van der Waals surface area contributed by atoms with Crippen molar-refractivity contribution in [2.75, 3.05) is 74.3 Å². The molecule has 3 aliphatic heterocycles. The summed E-state index contributed by atoms with van der Waals surface area (Å²) in [6.45, 7) is 11.5. The molecule has 1 aromatic heterocycles. The average Bonchev–Trinajstić information content (AvgIpc) is 2.92. The lowest BCUT2D eigenvalue weighted by Gasteiger charge is -2.38. The number of hydrogen-bond donors (Lipinski definition) is 2. The first-order chi connectivity index (χ1) is 18.4. The van der Waals surface area contributed by atoms with Gasteiger partial charge in [-0.3, -0.25) is 0 Å². The summed E-state index contributed by atoms with van der Waals surface area (Å²) in [6, 6.07) is 8.90. The van der Waals surface area contributed by atoms with Gasteiger partial charge in [0.25, 0.3) is 0 Å². The van der Waals surface area contributed by atoms with Crippen molar-refractivity contribution in [3.05, 3.63) is 41.7 Å². The van der Waals surface area contributed by atoms with Crippen molar-refractivity contribution < 1.29 is 13.9 Å². The SMILES string of the molecule is C[C@H]1C[C@H](C)CN(c2cc(N3CCOCC3)nc(NC(=S)NCC3(c4ccc(F)cc4)CCOCC3)n2)C1. The smallest absolute Gasteiger partial charge is 0.232 e. The zero-order valence-corrected chi connectivity index (χ0v) is 23.2. The molecule has 5 rings (SSSR count). The topological polar surface area (TPSA) is 74.8 Å². The van der Waals surface area contributed by atoms with Gasteiger partial charge in [-0.1, -0.05) is 26.0 Å². The van der Waals surface area contributed by atoms with E-state index in [-0.39, 0.29) is 11.2 Å². The Morgan fingerprint density at radius 1 is 0.974 bits per heavy atom. The molecule has 0 spiro atoms. The molecule has 0 unspecified atom stereocenters. The summed E-state index contributed by atoms with van der Waals surface area (Å²) in [7, 11) is 0. The van der Waals surface area contributed by atoms with Gasteiger partial charge in [-0.15, -0.1) is 0 Å². The molecule has 2 aromatic rings. The van der Waals surface area contributed by atoms with Gasteiger partial charge in [0, 0.05) is 57.4 Å². The third-order valence-electron chi connectivity index (χ3n) is 7.95. The Balaban J connectivity index is 1.33. The number of nitrogens with zero attached hydrogens (tertiary/aromatic N) is 4. The predicted octanol–water partition coefficient (Wildman–Crippen LogP) is 3.97. The van der Waals surface area contributed by atoms with E-state index < -0.39 is 0 Å². The molecule has 0 saturated carbocycles. The molecule has 1 aromatic carbocycles. The van der Waals surface area contributed by atoms with Crippen LogP contribution in [0, 0.1) is 17.7 Å². The molecule has 2 atom stereocenters. The van der Waals surface area contributed by atoms with Gasteiger partial charge < -0.3 is 29.9 Å². The van der Waals surface area contributed by atoms with E-state index in [1.807, 2.05) is 12.1 Å². The second-order valence-corrected chi connectivity index (χ2v) is 11.5. The molecule has 0 amide bonds. The maximum absolute atomic E-state index is 13.6. The average molecular weight is 543 g/mol. The van der Waals surface area contributed by atoms with Gasteiger partial charge in [-0.05, 0) is 61.0 Å². The zero-order chi connectivity index (χ0) is 26.5. The minimum absolute atomic E-state index is 0.181. The highest BCUT2D eigenvalue weighted by Crippen LogP contribution is 2.34. The highest BCUT2D eigenvalue weighted by molar-refractivity contribution is 7.80. The Labute approximate surface area is 230 Å². The molecule has 4 heterocycles. The lowest BCUT2D eigenvalue weighted by molar-refractivity contribution is 0.0515. The summed E-state index contributed by atoms with van der Waals surface area (Å²) < 4.78 is 24.8. The van der Waals surface area contributed by atoms with Gasteiger partial charge in [0.2, 0.25) is 5.95 Å². The van der Waals surface area contributed by atoms with Crippen LogP contribution in [0.1, 0.15) is 38.7 Å². The van der Waals surface area contributed by atoms with E-state index in [1.54, 1.807) is 0 Å². The highest BCUT2D eigenvalue weighted by atomic mass is 32.1. The number of hydrogen-bond acceptors (Lipinski definition) is 7. The van der Waals surface area contributed by atoms with Crippen LogP contribution in [-0.4, -0.2) is 74.2 Å². The summed E-state index contributed by atoms with van der Waals surface area (Å²) >= 11 is 5.72. The number of aromatic nitrogens is 2. The summed E-state index contributed by atoms with van der Waals surface area (Å²) in [4.78, 5) is 14.4. The molecular formula is C28H39FN6O2S. The predicted molar refractivity (Wildman–Crippen MR) is 153 cm³/mol. The second kappa shape index (κ2) is 12.1. The number of rotatable bonds is 6. The zero-order valence-electron chi connectivity index (χ0n) is 22.4. The largest absolute Gasteiger partial charge is 0.381 e. The van der Waals surface area contributed by atoms with Gasteiger partial charge in [0.1, 0.15) is 17.5 Å². The maximum atomic E-state index is 13.6. The molecule has 38 heavy (non-hydrogen) atoms. The molecule has 206 valence electrons. The van der Waals surface area contributed by atoms with Crippen LogP contribution in [0.4, 0.5) is 22.0 Å². The van der Waals surface area contributed by atoms with E-state index >= 15 is 0 Å². The van der Waals surface area contributed by atoms with Crippen molar-refractivity contribution in [3.8, 4) is 0 Å². The van der Waals surface area contributed by atoms with Crippen LogP contribution in [0.15, 0.2) is 30.3 Å². The number of thiocarbonyl (C=S) groups is 1. The number of piperidine rings is 1. The van der Waals surface area contributed by atoms with Crippen LogP contribution in [-0.2, 0) is 14.9 Å². The second-order valence-electron chi connectivity index (χ2n) is 11.1. The van der Waals surface area contributed by atoms with Crippen molar-refractivity contribution in [1.82, 2.24) is 15.3 Å². The molecule has 10 heteroatoms. The van der Waals surface area contributed by atoms with Gasteiger partial charge in [-0.25, -0.2) is 4.39 Å². The number of anilines is 3. The summed E-state index contributed by atoms with van der Waals surface area (Å²) in [6.07, 6.45) is 2.91. The van der Waals surface area contributed by atoms with Crippen LogP contribution < -0.4 is 20.4 Å². The first-order valence-electron chi connectivity index (χ1n) is 13.8. The van der Waals surface area contributed by atoms with Crippen LogP contribution in [0.2, 0.25) is 0 Å². The number of halogens is 1. The van der Waals surface area contributed by atoms with Crippen LogP contribution in [0.5, 0.6) is 0 Å². The minimum atomic E-state index is -0.230. The molecule has 0 radical (unpaired) electrons. The molecule has 3 saturated heterocycles. The molecule has 3 aliphatic rings. The van der Waals surface area contributed by atoms with Crippen LogP contribution in [0.3, 0.4) is 0 Å². The minimum Gasteiger partial charge on any atom is -0.381 e. The molecule has 0 aliphatic carbocycles. The summed E-state index contributed by atoms with van der Waals surface area (Å²) in [5.74, 6) is 3.31. The van der Waals surface area contributed by atoms with E-state index in [0.29, 0.717) is 55.9 Å². The monoisotopic (exact) mass is 542 g/mol. The quantitative estimate of drug-likeness (QED) is 0.528. The molecule has 8 nitrogen and oxygen atoms in total. The third kappa shape index (κ3) is 6.52. The first-order valence-corrected chi connectivity index (χ1v) is 14.2.